The van der Waals surface area contributed by atoms with Gasteiger partial charge < -0.3 is 13.3 Å². The molecule has 8 aromatic carbocycles. The van der Waals surface area contributed by atoms with Gasteiger partial charge in [-0.05, 0) is 68.9 Å². The molecule has 0 spiro atoms. The van der Waals surface area contributed by atoms with Gasteiger partial charge in [-0.15, -0.1) is 11.3 Å². The highest BCUT2D eigenvalue weighted by Crippen LogP contribution is 2.52. The van der Waals surface area contributed by atoms with E-state index in [-0.39, 0.29) is 0 Å². The van der Waals surface area contributed by atoms with Crippen LogP contribution in [0.5, 0.6) is 0 Å². The van der Waals surface area contributed by atoms with Gasteiger partial charge in [-0.2, -0.15) is 0 Å². The lowest BCUT2D eigenvalue weighted by Crippen LogP contribution is -1.91. The molecule has 0 aliphatic heterocycles. The van der Waals surface area contributed by atoms with Crippen LogP contribution < -0.4 is 0 Å². The van der Waals surface area contributed by atoms with Crippen LogP contribution in [0, 0.1) is 0 Å². The van der Waals surface area contributed by atoms with Crippen LogP contribution in [0.4, 0.5) is 0 Å². The maximum absolute atomic E-state index is 6.85. The van der Waals surface area contributed by atoms with Gasteiger partial charge in [0.15, 0.2) is 0 Å². The lowest BCUT2D eigenvalue weighted by Gasteiger charge is -2.18. The van der Waals surface area contributed by atoms with E-state index in [4.69, 9.17) is 13.3 Å². The number of furan rings is 3. The molecule has 232 valence electrons. The zero-order chi connectivity index (χ0) is 32.5. The largest absolute Gasteiger partial charge is 0.456 e. The highest BCUT2D eigenvalue weighted by atomic mass is 32.1. The predicted molar refractivity (Wildman–Crippen MR) is 210 cm³/mol. The van der Waals surface area contributed by atoms with Crippen molar-refractivity contribution in [3.8, 4) is 22.3 Å². The van der Waals surface area contributed by atoms with E-state index in [1.807, 2.05) is 24.3 Å². The number of hydrogen-bond acceptors (Lipinski definition) is 4. The second-order valence-electron chi connectivity index (χ2n) is 13.1. The van der Waals surface area contributed by atoms with Crippen LogP contribution in [0.25, 0.3) is 120 Å². The lowest BCUT2D eigenvalue weighted by atomic mass is 9.85. The summed E-state index contributed by atoms with van der Waals surface area (Å²) in [5.74, 6) is 0. The van der Waals surface area contributed by atoms with Gasteiger partial charge in [0.2, 0.25) is 0 Å². The molecule has 0 unspecified atom stereocenters. The molecule has 0 saturated carbocycles. The van der Waals surface area contributed by atoms with Crippen molar-refractivity contribution in [1.82, 2.24) is 0 Å². The van der Waals surface area contributed by atoms with Gasteiger partial charge in [-0.3, -0.25) is 0 Å². The smallest absolute Gasteiger partial charge is 0.144 e. The number of rotatable bonds is 2. The fourth-order valence-electron chi connectivity index (χ4n) is 8.53. The standard InChI is InChI=1S/C46H24O3S/c1-3-13-27-25(11-1)40(32-23-38-43(30-16-6-9-19-35(30)48-38)45-31-17-7-10-20-36(31)49-46(32)45)26-12-2-4-14-28(26)41(27)33-24-50-39-22-21-37-42(44(33)39)29-15-5-8-18-34(29)47-37/h1-24H. The summed E-state index contributed by atoms with van der Waals surface area (Å²) < 4.78 is 21.1. The number of benzene rings is 8. The summed E-state index contributed by atoms with van der Waals surface area (Å²) >= 11 is 1.79. The molecule has 0 atom stereocenters. The van der Waals surface area contributed by atoms with Crippen LogP contribution in [0.3, 0.4) is 0 Å². The monoisotopic (exact) mass is 656 g/mol. The Bertz CT molecular complexity index is 3330. The van der Waals surface area contributed by atoms with Crippen LogP contribution in [0.1, 0.15) is 0 Å². The van der Waals surface area contributed by atoms with Crippen molar-refractivity contribution >= 4 is 109 Å². The highest BCUT2D eigenvalue weighted by Gasteiger charge is 2.25. The fraction of sp³-hybridized carbons (Fsp3) is 0. The topological polar surface area (TPSA) is 39.4 Å². The maximum atomic E-state index is 6.85. The van der Waals surface area contributed by atoms with Gasteiger partial charge in [0.25, 0.3) is 0 Å². The first-order valence-electron chi connectivity index (χ1n) is 16.8. The molecule has 0 bridgehead atoms. The van der Waals surface area contributed by atoms with E-state index in [0.29, 0.717) is 0 Å². The SMILES string of the molecule is c1ccc2c(c1)oc1ccc3scc(-c4c5ccccc5c(-c5cc6oc7ccccc7c6c6c5oc5ccccc56)c5ccccc45)c3c12. The van der Waals surface area contributed by atoms with Crippen molar-refractivity contribution in [3.05, 3.63) is 145 Å². The second kappa shape index (κ2) is 9.63. The Labute approximate surface area is 288 Å². The summed E-state index contributed by atoms with van der Waals surface area (Å²) in [6.07, 6.45) is 0. The van der Waals surface area contributed by atoms with E-state index in [0.717, 1.165) is 71.6 Å². The maximum Gasteiger partial charge on any atom is 0.144 e. The van der Waals surface area contributed by atoms with Crippen molar-refractivity contribution in [1.29, 1.82) is 0 Å². The molecular formula is C46H24O3S. The molecule has 0 fully saturated rings. The minimum absolute atomic E-state index is 0.857. The molecule has 0 amide bonds. The fourth-order valence-corrected chi connectivity index (χ4v) is 9.48. The quantitative estimate of drug-likeness (QED) is 0.174. The van der Waals surface area contributed by atoms with Crippen LogP contribution in [-0.4, -0.2) is 0 Å². The van der Waals surface area contributed by atoms with Crippen molar-refractivity contribution < 1.29 is 13.3 Å². The Morgan fingerprint density at radius 3 is 1.40 bits per heavy atom. The van der Waals surface area contributed by atoms with E-state index in [9.17, 15) is 0 Å². The molecule has 0 aliphatic rings. The van der Waals surface area contributed by atoms with Gasteiger partial charge in [0.1, 0.15) is 33.5 Å². The molecule has 0 N–H and O–H groups in total. The molecule has 12 aromatic rings. The van der Waals surface area contributed by atoms with Gasteiger partial charge in [0.05, 0.1) is 0 Å². The van der Waals surface area contributed by atoms with Crippen molar-refractivity contribution in [3.63, 3.8) is 0 Å². The van der Waals surface area contributed by atoms with Crippen LogP contribution in [0.2, 0.25) is 0 Å². The summed E-state index contributed by atoms with van der Waals surface area (Å²) in [6, 6.07) is 49.2. The molecule has 4 heteroatoms. The normalized spacial score (nSPS) is 12.4. The molecule has 0 radical (unpaired) electrons. The van der Waals surface area contributed by atoms with Gasteiger partial charge in [-0.25, -0.2) is 0 Å². The number of fused-ring (bicyclic) bond motifs is 14. The summed E-state index contributed by atoms with van der Waals surface area (Å²) in [5.41, 5.74) is 9.92. The van der Waals surface area contributed by atoms with Crippen molar-refractivity contribution in [2.75, 3.05) is 0 Å². The molecular weight excluding hydrogens is 633 g/mol. The number of hydrogen-bond donors (Lipinski definition) is 0. The third-order valence-electron chi connectivity index (χ3n) is 10.5. The van der Waals surface area contributed by atoms with E-state index < -0.39 is 0 Å². The number of thiophene rings is 1. The highest BCUT2D eigenvalue weighted by molar-refractivity contribution is 7.18. The summed E-state index contributed by atoms with van der Waals surface area (Å²) in [5, 5.41) is 15.0. The first kappa shape index (κ1) is 26.6. The molecule has 0 saturated heterocycles. The minimum Gasteiger partial charge on any atom is -0.456 e. The Balaban J connectivity index is 1.27. The average molecular weight is 657 g/mol. The Kier molecular flexibility index (Phi) is 5.12. The average Bonchev–Trinajstić information content (AvgIpc) is 3.94. The molecule has 0 aliphatic carbocycles. The number of para-hydroxylation sites is 3. The summed E-state index contributed by atoms with van der Waals surface area (Å²) in [4.78, 5) is 0. The van der Waals surface area contributed by atoms with E-state index in [1.165, 1.54) is 48.1 Å². The lowest BCUT2D eigenvalue weighted by molar-refractivity contribution is 0.664. The van der Waals surface area contributed by atoms with E-state index >= 15 is 0 Å². The van der Waals surface area contributed by atoms with Crippen LogP contribution in [0.15, 0.2) is 158 Å². The molecule has 3 nitrogen and oxygen atoms in total. The summed E-state index contributed by atoms with van der Waals surface area (Å²) in [7, 11) is 0. The van der Waals surface area contributed by atoms with E-state index in [1.54, 1.807) is 11.3 Å². The predicted octanol–water partition coefficient (Wildman–Crippen LogP) is 14.2. The molecule has 12 rings (SSSR count). The zero-order valence-corrected chi connectivity index (χ0v) is 27.3. The molecule has 4 aromatic heterocycles. The Morgan fingerprint density at radius 1 is 0.340 bits per heavy atom. The Hall–Kier alpha value is -6.36. The molecule has 4 heterocycles. The first-order valence-corrected chi connectivity index (χ1v) is 17.7. The van der Waals surface area contributed by atoms with Gasteiger partial charge >= 0.3 is 0 Å². The summed E-state index contributed by atoms with van der Waals surface area (Å²) in [6.45, 7) is 0. The minimum atomic E-state index is 0.857. The third kappa shape index (κ3) is 3.38. The second-order valence-corrected chi connectivity index (χ2v) is 14.0. The van der Waals surface area contributed by atoms with Crippen molar-refractivity contribution in [2.24, 2.45) is 0 Å². The third-order valence-corrected chi connectivity index (χ3v) is 11.5. The zero-order valence-electron chi connectivity index (χ0n) is 26.5. The van der Waals surface area contributed by atoms with Crippen molar-refractivity contribution in [2.45, 2.75) is 0 Å². The first-order chi connectivity index (χ1) is 24.8. The van der Waals surface area contributed by atoms with Crippen LogP contribution >= 0.6 is 11.3 Å². The van der Waals surface area contributed by atoms with Crippen LogP contribution in [-0.2, 0) is 0 Å². The molecule has 50 heavy (non-hydrogen) atoms. The Morgan fingerprint density at radius 2 is 0.800 bits per heavy atom. The van der Waals surface area contributed by atoms with E-state index in [2.05, 4.69) is 121 Å². The van der Waals surface area contributed by atoms with Gasteiger partial charge in [-0.1, -0.05) is 103 Å². The van der Waals surface area contributed by atoms with Gasteiger partial charge in [0, 0.05) is 59.1 Å².